The van der Waals surface area contributed by atoms with Gasteiger partial charge in [-0.15, -0.1) is 0 Å². The molecule has 1 aliphatic heterocycles. The van der Waals surface area contributed by atoms with Crippen LogP contribution in [0.2, 0.25) is 0 Å². The van der Waals surface area contributed by atoms with E-state index in [0.717, 1.165) is 26.1 Å². The summed E-state index contributed by atoms with van der Waals surface area (Å²) in [7, 11) is 3.19. The number of nitrogens with one attached hydrogen (secondary N) is 1. The Morgan fingerprint density at radius 3 is 3.06 bits per heavy atom. The predicted octanol–water partition coefficient (Wildman–Crippen LogP) is -0.142. The average molecular weight is 230 g/mol. The number of carbonyl (C=O) groups excluding carboxylic acids is 1. The van der Waals surface area contributed by atoms with Crippen LogP contribution in [0.5, 0.6) is 0 Å². The smallest absolute Gasteiger partial charge is 0.324 e. The zero-order valence-electron chi connectivity index (χ0n) is 10.4. The monoisotopic (exact) mass is 230 g/mol. The van der Waals surface area contributed by atoms with E-state index in [-0.39, 0.29) is 18.1 Å². The van der Waals surface area contributed by atoms with Gasteiger partial charge in [-0.25, -0.2) is 0 Å². The molecular weight excluding hydrogens is 208 g/mol. The Hall–Kier alpha value is -0.650. The lowest BCUT2D eigenvalue weighted by atomic mass is 10.2. The molecule has 0 saturated carbocycles. The summed E-state index contributed by atoms with van der Waals surface area (Å²) < 4.78 is 10.3. The first-order chi connectivity index (χ1) is 7.67. The van der Waals surface area contributed by atoms with Crippen LogP contribution in [0.25, 0.3) is 0 Å². The maximum Gasteiger partial charge on any atom is 0.324 e. The number of hydrogen-bond donors (Lipinski definition) is 1. The molecule has 16 heavy (non-hydrogen) atoms. The summed E-state index contributed by atoms with van der Waals surface area (Å²) in [6, 6.07) is -0.254. The highest BCUT2D eigenvalue weighted by Crippen LogP contribution is 2.06. The number of rotatable bonds is 4. The number of nitrogens with zero attached hydrogens (tertiary/aromatic N) is 1. The van der Waals surface area contributed by atoms with E-state index in [0.29, 0.717) is 6.54 Å². The Labute approximate surface area is 97.1 Å². The van der Waals surface area contributed by atoms with Crippen molar-refractivity contribution in [1.29, 1.82) is 0 Å². The molecule has 0 aromatic carbocycles. The molecule has 1 aliphatic rings. The standard InChI is InChI=1S/C11H22N2O3/c1-9-7-13(5-4-6-16-9)8-10(12-2)11(14)15-3/h9-10,12H,4-8H2,1-3H3. The molecule has 94 valence electrons. The number of likely N-dealkylation sites (N-methyl/N-ethyl adjacent to an activating group) is 1. The molecule has 1 fully saturated rings. The van der Waals surface area contributed by atoms with Crippen molar-refractivity contribution in [1.82, 2.24) is 10.2 Å². The first-order valence-corrected chi connectivity index (χ1v) is 5.76. The van der Waals surface area contributed by atoms with Crippen LogP contribution >= 0.6 is 0 Å². The van der Waals surface area contributed by atoms with Gasteiger partial charge in [0.2, 0.25) is 0 Å². The molecule has 1 heterocycles. The Morgan fingerprint density at radius 2 is 2.44 bits per heavy atom. The van der Waals surface area contributed by atoms with Crippen LogP contribution < -0.4 is 5.32 Å². The van der Waals surface area contributed by atoms with Gasteiger partial charge in [0.05, 0.1) is 13.2 Å². The molecule has 0 aromatic rings. The van der Waals surface area contributed by atoms with Crippen molar-refractivity contribution in [3.05, 3.63) is 0 Å². The maximum absolute atomic E-state index is 11.4. The Balaban J connectivity index is 2.46. The number of esters is 1. The molecule has 0 aromatic heterocycles. The summed E-state index contributed by atoms with van der Waals surface area (Å²) in [4.78, 5) is 13.7. The lowest BCUT2D eigenvalue weighted by Gasteiger charge is -2.25. The van der Waals surface area contributed by atoms with Gasteiger partial charge in [-0.1, -0.05) is 0 Å². The second-order valence-corrected chi connectivity index (χ2v) is 4.16. The lowest BCUT2D eigenvalue weighted by Crippen LogP contribution is -2.46. The van der Waals surface area contributed by atoms with E-state index in [2.05, 4.69) is 17.1 Å². The minimum atomic E-state index is -0.254. The quantitative estimate of drug-likeness (QED) is 0.681. The zero-order chi connectivity index (χ0) is 12.0. The van der Waals surface area contributed by atoms with Crippen molar-refractivity contribution in [2.24, 2.45) is 0 Å². The summed E-state index contributed by atoms with van der Waals surface area (Å²) in [5.74, 6) is -0.208. The minimum absolute atomic E-state index is 0.208. The van der Waals surface area contributed by atoms with E-state index in [1.807, 2.05) is 0 Å². The summed E-state index contributed by atoms with van der Waals surface area (Å²) in [5.41, 5.74) is 0. The molecule has 2 unspecified atom stereocenters. The minimum Gasteiger partial charge on any atom is -0.468 e. The van der Waals surface area contributed by atoms with Gasteiger partial charge in [-0.3, -0.25) is 9.69 Å². The second kappa shape index (κ2) is 6.83. The SMILES string of the molecule is CNC(CN1CCCOC(C)C1)C(=O)OC. The van der Waals surface area contributed by atoms with Gasteiger partial charge in [-0.2, -0.15) is 0 Å². The zero-order valence-corrected chi connectivity index (χ0v) is 10.4. The van der Waals surface area contributed by atoms with Crippen LogP contribution in [0.1, 0.15) is 13.3 Å². The molecule has 0 spiro atoms. The fourth-order valence-electron chi connectivity index (χ4n) is 1.93. The molecular formula is C11H22N2O3. The normalized spacial score (nSPS) is 24.8. The third kappa shape index (κ3) is 4.08. The van der Waals surface area contributed by atoms with Crippen molar-refractivity contribution in [2.45, 2.75) is 25.5 Å². The highest BCUT2D eigenvalue weighted by molar-refractivity contribution is 5.75. The molecule has 5 heteroatoms. The van der Waals surface area contributed by atoms with Gasteiger partial charge in [0.1, 0.15) is 6.04 Å². The molecule has 2 atom stereocenters. The van der Waals surface area contributed by atoms with Gasteiger partial charge < -0.3 is 14.8 Å². The van der Waals surface area contributed by atoms with Crippen LogP contribution in [-0.4, -0.2) is 63.4 Å². The van der Waals surface area contributed by atoms with Crippen molar-refractivity contribution < 1.29 is 14.3 Å². The lowest BCUT2D eigenvalue weighted by molar-refractivity contribution is -0.143. The third-order valence-electron chi connectivity index (χ3n) is 2.81. The molecule has 0 aliphatic carbocycles. The van der Waals surface area contributed by atoms with Crippen molar-refractivity contribution in [3.8, 4) is 0 Å². The number of methoxy groups -OCH3 is 1. The van der Waals surface area contributed by atoms with Gasteiger partial charge in [0.15, 0.2) is 0 Å². The number of ether oxygens (including phenoxy) is 2. The van der Waals surface area contributed by atoms with E-state index in [1.54, 1.807) is 7.05 Å². The maximum atomic E-state index is 11.4. The van der Waals surface area contributed by atoms with E-state index in [1.165, 1.54) is 7.11 Å². The Kier molecular flexibility index (Phi) is 5.73. The van der Waals surface area contributed by atoms with E-state index < -0.39 is 0 Å². The van der Waals surface area contributed by atoms with Gasteiger partial charge in [0, 0.05) is 26.2 Å². The Bertz CT molecular complexity index is 223. The summed E-state index contributed by atoms with van der Waals surface area (Å²) in [6.07, 6.45) is 1.25. The molecule has 1 N–H and O–H groups in total. The fourth-order valence-corrected chi connectivity index (χ4v) is 1.93. The highest BCUT2D eigenvalue weighted by atomic mass is 16.5. The topological polar surface area (TPSA) is 50.8 Å². The molecule has 0 radical (unpaired) electrons. The molecule has 5 nitrogen and oxygen atoms in total. The number of carbonyl (C=O) groups is 1. The van der Waals surface area contributed by atoms with E-state index in [4.69, 9.17) is 9.47 Å². The molecule has 0 amide bonds. The first kappa shape index (κ1) is 13.4. The van der Waals surface area contributed by atoms with Crippen molar-refractivity contribution in [2.75, 3.05) is 40.4 Å². The average Bonchev–Trinajstić information content (AvgIpc) is 2.49. The molecule has 1 saturated heterocycles. The van der Waals surface area contributed by atoms with Crippen molar-refractivity contribution >= 4 is 5.97 Å². The number of hydrogen-bond acceptors (Lipinski definition) is 5. The van der Waals surface area contributed by atoms with E-state index >= 15 is 0 Å². The van der Waals surface area contributed by atoms with Gasteiger partial charge in [0.25, 0.3) is 0 Å². The summed E-state index contributed by atoms with van der Waals surface area (Å²) in [5, 5.41) is 2.98. The van der Waals surface area contributed by atoms with Crippen LogP contribution in [0.3, 0.4) is 0 Å². The molecule has 0 bridgehead atoms. The fraction of sp³-hybridized carbons (Fsp3) is 0.909. The summed E-state index contributed by atoms with van der Waals surface area (Å²) >= 11 is 0. The van der Waals surface area contributed by atoms with Gasteiger partial charge in [-0.05, 0) is 20.4 Å². The van der Waals surface area contributed by atoms with Gasteiger partial charge >= 0.3 is 5.97 Å². The van der Waals surface area contributed by atoms with Crippen LogP contribution in [0.15, 0.2) is 0 Å². The van der Waals surface area contributed by atoms with Crippen LogP contribution in [-0.2, 0) is 14.3 Å². The molecule has 1 rings (SSSR count). The second-order valence-electron chi connectivity index (χ2n) is 4.16. The summed E-state index contributed by atoms with van der Waals surface area (Å²) in [6.45, 7) is 5.39. The third-order valence-corrected chi connectivity index (χ3v) is 2.81. The van der Waals surface area contributed by atoms with Crippen molar-refractivity contribution in [3.63, 3.8) is 0 Å². The van der Waals surface area contributed by atoms with Crippen LogP contribution in [0, 0.1) is 0 Å². The van der Waals surface area contributed by atoms with E-state index in [9.17, 15) is 4.79 Å². The highest BCUT2D eigenvalue weighted by Gasteiger charge is 2.23. The largest absolute Gasteiger partial charge is 0.468 e. The Morgan fingerprint density at radius 1 is 1.69 bits per heavy atom. The first-order valence-electron chi connectivity index (χ1n) is 5.76. The predicted molar refractivity (Wildman–Crippen MR) is 61.3 cm³/mol. The van der Waals surface area contributed by atoms with Crippen LogP contribution in [0.4, 0.5) is 0 Å².